The third-order valence-corrected chi connectivity index (χ3v) is 3.00. The van der Waals surface area contributed by atoms with Crippen LogP contribution in [0.1, 0.15) is 38.3 Å². The maximum atomic E-state index is 11.7. The van der Waals surface area contributed by atoms with Crippen molar-refractivity contribution in [3.63, 3.8) is 0 Å². The lowest BCUT2D eigenvalue weighted by atomic mass is 10.1. The van der Waals surface area contributed by atoms with Crippen molar-refractivity contribution >= 4 is 11.6 Å². The average Bonchev–Trinajstić information content (AvgIpc) is 2.43. The summed E-state index contributed by atoms with van der Waals surface area (Å²) in [7, 11) is 1.92. The van der Waals surface area contributed by atoms with E-state index in [1.807, 2.05) is 38.2 Å². The van der Waals surface area contributed by atoms with Crippen molar-refractivity contribution < 1.29 is 9.53 Å². The first kappa shape index (κ1) is 15.7. The van der Waals surface area contributed by atoms with Gasteiger partial charge in [0, 0.05) is 31.4 Å². The van der Waals surface area contributed by atoms with Crippen molar-refractivity contribution in [3.8, 4) is 0 Å². The van der Waals surface area contributed by atoms with E-state index in [0.29, 0.717) is 19.6 Å². The molecule has 19 heavy (non-hydrogen) atoms. The minimum atomic E-state index is 0.0361. The maximum Gasteiger partial charge on any atom is 0.224 e. The molecule has 2 N–H and O–H groups in total. The SMILES string of the molecule is CCOCCCC(=O)Nc1cccc(C(C)NC)c1. The number of rotatable bonds is 8. The molecule has 1 unspecified atom stereocenters. The second-order valence-electron chi connectivity index (χ2n) is 4.48. The normalized spacial score (nSPS) is 12.2. The Balaban J connectivity index is 2.45. The first-order valence-corrected chi connectivity index (χ1v) is 6.82. The van der Waals surface area contributed by atoms with Crippen LogP contribution in [0.5, 0.6) is 0 Å². The van der Waals surface area contributed by atoms with E-state index in [9.17, 15) is 4.79 Å². The van der Waals surface area contributed by atoms with Crippen LogP contribution in [0, 0.1) is 0 Å². The van der Waals surface area contributed by atoms with Crippen LogP contribution in [0.15, 0.2) is 24.3 Å². The molecule has 0 fully saturated rings. The number of carbonyl (C=O) groups excluding carboxylic acids is 1. The molecular formula is C15H24N2O2. The van der Waals surface area contributed by atoms with Gasteiger partial charge in [0.15, 0.2) is 0 Å². The number of ether oxygens (including phenoxy) is 1. The first-order chi connectivity index (χ1) is 9.17. The van der Waals surface area contributed by atoms with E-state index < -0.39 is 0 Å². The van der Waals surface area contributed by atoms with E-state index in [1.54, 1.807) is 0 Å². The summed E-state index contributed by atoms with van der Waals surface area (Å²) in [4.78, 5) is 11.7. The number of amides is 1. The van der Waals surface area contributed by atoms with E-state index in [-0.39, 0.29) is 11.9 Å². The molecule has 1 atom stereocenters. The predicted molar refractivity (Wildman–Crippen MR) is 78.3 cm³/mol. The quantitative estimate of drug-likeness (QED) is 0.710. The molecule has 1 amide bonds. The van der Waals surface area contributed by atoms with E-state index in [2.05, 4.69) is 17.6 Å². The summed E-state index contributed by atoms with van der Waals surface area (Å²) in [6.07, 6.45) is 1.25. The van der Waals surface area contributed by atoms with Gasteiger partial charge in [0.1, 0.15) is 0 Å². The summed E-state index contributed by atoms with van der Waals surface area (Å²) in [5.74, 6) is 0.0361. The third-order valence-electron chi connectivity index (χ3n) is 3.00. The van der Waals surface area contributed by atoms with Gasteiger partial charge < -0.3 is 15.4 Å². The molecule has 1 rings (SSSR count). The van der Waals surface area contributed by atoms with Gasteiger partial charge in [-0.1, -0.05) is 12.1 Å². The number of hydrogen-bond acceptors (Lipinski definition) is 3. The van der Waals surface area contributed by atoms with Crippen molar-refractivity contribution in [2.75, 3.05) is 25.6 Å². The topological polar surface area (TPSA) is 50.4 Å². The smallest absolute Gasteiger partial charge is 0.224 e. The van der Waals surface area contributed by atoms with Gasteiger partial charge in [-0.25, -0.2) is 0 Å². The Morgan fingerprint density at radius 2 is 2.21 bits per heavy atom. The molecule has 0 aliphatic rings. The molecule has 1 aromatic carbocycles. The fourth-order valence-corrected chi connectivity index (χ4v) is 1.76. The summed E-state index contributed by atoms with van der Waals surface area (Å²) >= 11 is 0. The van der Waals surface area contributed by atoms with E-state index in [1.165, 1.54) is 0 Å². The Morgan fingerprint density at radius 3 is 2.89 bits per heavy atom. The highest BCUT2D eigenvalue weighted by Crippen LogP contribution is 2.17. The maximum absolute atomic E-state index is 11.7. The van der Waals surface area contributed by atoms with Crippen LogP contribution in [0.25, 0.3) is 0 Å². The van der Waals surface area contributed by atoms with Gasteiger partial charge >= 0.3 is 0 Å². The summed E-state index contributed by atoms with van der Waals surface area (Å²) in [5.41, 5.74) is 2.01. The Morgan fingerprint density at radius 1 is 1.42 bits per heavy atom. The van der Waals surface area contributed by atoms with E-state index in [4.69, 9.17) is 4.74 Å². The average molecular weight is 264 g/mol. The molecule has 0 saturated heterocycles. The molecule has 0 saturated carbocycles. The Hall–Kier alpha value is -1.39. The lowest BCUT2D eigenvalue weighted by Gasteiger charge is -2.12. The monoisotopic (exact) mass is 264 g/mol. The molecule has 0 aliphatic carbocycles. The van der Waals surface area contributed by atoms with Crippen LogP contribution in [0.4, 0.5) is 5.69 Å². The first-order valence-electron chi connectivity index (χ1n) is 6.82. The van der Waals surface area contributed by atoms with E-state index in [0.717, 1.165) is 17.7 Å². The molecular weight excluding hydrogens is 240 g/mol. The van der Waals surface area contributed by atoms with E-state index >= 15 is 0 Å². The molecule has 106 valence electrons. The molecule has 0 heterocycles. The Bertz CT molecular complexity index is 393. The minimum Gasteiger partial charge on any atom is -0.382 e. The van der Waals surface area contributed by atoms with Crippen molar-refractivity contribution in [1.29, 1.82) is 0 Å². The molecule has 0 aromatic heterocycles. The molecule has 4 heteroatoms. The fraction of sp³-hybridized carbons (Fsp3) is 0.533. The third kappa shape index (κ3) is 5.85. The number of anilines is 1. The van der Waals surface area contributed by atoms with Gasteiger partial charge in [-0.15, -0.1) is 0 Å². The lowest BCUT2D eigenvalue weighted by molar-refractivity contribution is -0.116. The second-order valence-corrected chi connectivity index (χ2v) is 4.48. The van der Waals surface area contributed by atoms with Crippen LogP contribution >= 0.6 is 0 Å². The molecule has 0 aliphatic heterocycles. The second kappa shape index (κ2) is 8.67. The molecule has 4 nitrogen and oxygen atoms in total. The summed E-state index contributed by atoms with van der Waals surface area (Å²) < 4.78 is 5.21. The Kier molecular flexibility index (Phi) is 7.15. The van der Waals surface area contributed by atoms with Crippen LogP contribution in [0.2, 0.25) is 0 Å². The van der Waals surface area contributed by atoms with Gasteiger partial charge in [0.05, 0.1) is 0 Å². The predicted octanol–water partition coefficient (Wildman–Crippen LogP) is 2.72. The Labute approximate surface area is 115 Å². The van der Waals surface area contributed by atoms with Gasteiger partial charge in [-0.2, -0.15) is 0 Å². The molecule has 0 bridgehead atoms. The standard InChI is InChI=1S/C15H24N2O2/c1-4-19-10-6-9-15(18)17-14-8-5-7-13(11-14)12(2)16-3/h5,7-8,11-12,16H,4,6,9-10H2,1-3H3,(H,17,18). The van der Waals surface area contributed by atoms with Gasteiger partial charge in [-0.3, -0.25) is 4.79 Å². The zero-order valence-electron chi connectivity index (χ0n) is 12.0. The van der Waals surface area contributed by atoms with Crippen LogP contribution in [-0.4, -0.2) is 26.2 Å². The fourth-order valence-electron chi connectivity index (χ4n) is 1.76. The molecule has 0 radical (unpaired) electrons. The van der Waals surface area contributed by atoms with Gasteiger partial charge in [0.25, 0.3) is 0 Å². The van der Waals surface area contributed by atoms with Crippen LogP contribution in [0.3, 0.4) is 0 Å². The summed E-state index contributed by atoms with van der Waals surface area (Å²) in [6.45, 7) is 5.38. The highest BCUT2D eigenvalue weighted by molar-refractivity contribution is 5.90. The van der Waals surface area contributed by atoms with Crippen LogP contribution in [-0.2, 0) is 9.53 Å². The van der Waals surface area contributed by atoms with Gasteiger partial charge in [-0.05, 0) is 45.0 Å². The molecule has 1 aromatic rings. The molecule has 0 spiro atoms. The number of benzene rings is 1. The van der Waals surface area contributed by atoms with Crippen molar-refractivity contribution in [2.45, 2.75) is 32.7 Å². The van der Waals surface area contributed by atoms with Crippen molar-refractivity contribution in [1.82, 2.24) is 5.32 Å². The minimum absolute atomic E-state index is 0.0361. The highest BCUT2D eigenvalue weighted by Gasteiger charge is 2.05. The number of carbonyl (C=O) groups is 1. The lowest BCUT2D eigenvalue weighted by Crippen LogP contribution is -2.14. The summed E-state index contributed by atoms with van der Waals surface area (Å²) in [6, 6.07) is 8.19. The van der Waals surface area contributed by atoms with Crippen molar-refractivity contribution in [3.05, 3.63) is 29.8 Å². The zero-order valence-corrected chi connectivity index (χ0v) is 12.0. The number of nitrogens with one attached hydrogen (secondary N) is 2. The van der Waals surface area contributed by atoms with Crippen LogP contribution < -0.4 is 10.6 Å². The summed E-state index contributed by atoms with van der Waals surface area (Å²) in [5, 5.41) is 6.10. The number of hydrogen-bond donors (Lipinski definition) is 2. The largest absolute Gasteiger partial charge is 0.382 e. The zero-order chi connectivity index (χ0) is 14.1. The van der Waals surface area contributed by atoms with Gasteiger partial charge in [0.2, 0.25) is 5.91 Å². The van der Waals surface area contributed by atoms with Crippen molar-refractivity contribution in [2.24, 2.45) is 0 Å². The highest BCUT2D eigenvalue weighted by atomic mass is 16.5.